The molecule has 90 valence electrons. The number of aryl methyl sites for hydroxylation is 1. The number of nitrogens with zero attached hydrogens (tertiary/aromatic N) is 2. The second-order valence-electron chi connectivity index (χ2n) is 4.32. The Kier molecular flexibility index (Phi) is 5.83. The van der Waals surface area contributed by atoms with Crippen molar-refractivity contribution in [1.29, 1.82) is 0 Å². The molecular formula is C13H22N2O. The minimum absolute atomic E-state index is 0.0918. The fraction of sp³-hybridized carbons (Fsp3) is 0.692. The maximum Gasteiger partial charge on any atom is 0.162 e. The Balaban J connectivity index is 2.14. The van der Waals surface area contributed by atoms with Crippen LogP contribution in [-0.2, 0) is 6.54 Å². The van der Waals surface area contributed by atoms with Crippen LogP contribution in [0.5, 0.6) is 0 Å². The molecule has 0 aliphatic carbocycles. The lowest BCUT2D eigenvalue weighted by molar-refractivity contribution is 0.101. The first-order valence-electron chi connectivity index (χ1n) is 6.27. The highest BCUT2D eigenvalue weighted by molar-refractivity contribution is 5.93. The molecule has 0 aromatic carbocycles. The Morgan fingerprint density at radius 3 is 2.56 bits per heavy atom. The van der Waals surface area contributed by atoms with E-state index in [-0.39, 0.29) is 5.78 Å². The molecule has 0 fully saturated rings. The van der Waals surface area contributed by atoms with Crippen molar-refractivity contribution >= 4 is 5.78 Å². The van der Waals surface area contributed by atoms with Gasteiger partial charge >= 0.3 is 0 Å². The summed E-state index contributed by atoms with van der Waals surface area (Å²) in [6.07, 6.45) is 11.2. The zero-order valence-electron chi connectivity index (χ0n) is 10.4. The Bertz CT molecular complexity index is 317. The highest BCUT2D eigenvalue weighted by atomic mass is 16.1. The number of unbranched alkanes of at least 4 members (excludes halogenated alkanes) is 5. The van der Waals surface area contributed by atoms with Crippen molar-refractivity contribution in [2.45, 2.75) is 58.9 Å². The normalized spacial score (nSPS) is 10.6. The van der Waals surface area contributed by atoms with Crippen LogP contribution >= 0.6 is 0 Å². The topological polar surface area (TPSA) is 34.9 Å². The van der Waals surface area contributed by atoms with E-state index in [4.69, 9.17) is 0 Å². The van der Waals surface area contributed by atoms with E-state index in [1.807, 2.05) is 10.9 Å². The molecule has 0 amide bonds. The van der Waals surface area contributed by atoms with Gasteiger partial charge < -0.3 is 0 Å². The van der Waals surface area contributed by atoms with Crippen LogP contribution in [0.15, 0.2) is 12.4 Å². The summed E-state index contributed by atoms with van der Waals surface area (Å²) in [4.78, 5) is 11.1. The lowest BCUT2D eigenvalue weighted by Crippen LogP contribution is -1.98. The lowest BCUT2D eigenvalue weighted by Gasteiger charge is -2.01. The Hall–Kier alpha value is -1.12. The van der Waals surface area contributed by atoms with Gasteiger partial charge in [-0.2, -0.15) is 5.10 Å². The highest BCUT2D eigenvalue weighted by Gasteiger charge is 2.02. The lowest BCUT2D eigenvalue weighted by atomic mass is 10.1. The van der Waals surface area contributed by atoms with Crippen LogP contribution in [0.3, 0.4) is 0 Å². The van der Waals surface area contributed by atoms with Crippen molar-refractivity contribution in [2.24, 2.45) is 0 Å². The smallest absolute Gasteiger partial charge is 0.162 e. The molecule has 3 heteroatoms. The first-order chi connectivity index (χ1) is 7.74. The van der Waals surface area contributed by atoms with Crippen molar-refractivity contribution in [1.82, 2.24) is 9.78 Å². The van der Waals surface area contributed by atoms with Gasteiger partial charge in [-0.15, -0.1) is 0 Å². The Morgan fingerprint density at radius 1 is 1.25 bits per heavy atom. The van der Waals surface area contributed by atoms with Gasteiger partial charge in [-0.05, 0) is 13.3 Å². The van der Waals surface area contributed by atoms with E-state index in [0.29, 0.717) is 5.56 Å². The van der Waals surface area contributed by atoms with Gasteiger partial charge in [0.25, 0.3) is 0 Å². The molecule has 1 rings (SSSR count). The largest absolute Gasteiger partial charge is 0.294 e. The van der Waals surface area contributed by atoms with Crippen LogP contribution in [0.25, 0.3) is 0 Å². The molecule has 3 nitrogen and oxygen atoms in total. The van der Waals surface area contributed by atoms with Crippen LogP contribution in [-0.4, -0.2) is 15.6 Å². The van der Waals surface area contributed by atoms with Gasteiger partial charge in [-0.3, -0.25) is 9.48 Å². The van der Waals surface area contributed by atoms with Gasteiger partial charge in [0.05, 0.1) is 11.8 Å². The molecule has 0 saturated heterocycles. The van der Waals surface area contributed by atoms with Crippen LogP contribution in [0.1, 0.15) is 62.7 Å². The van der Waals surface area contributed by atoms with Crippen molar-refractivity contribution in [3.8, 4) is 0 Å². The maximum atomic E-state index is 11.1. The third-order valence-corrected chi connectivity index (χ3v) is 2.78. The van der Waals surface area contributed by atoms with Crippen LogP contribution in [0, 0.1) is 0 Å². The summed E-state index contributed by atoms with van der Waals surface area (Å²) in [5, 5.41) is 4.17. The van der Waals surface area contributed by atoms with Gasteiger partial charge in [-0.25, -0.2) is 0 Å². The van der Waals surface area contributed by atoms with Gasteiger partial charge in [0.15, 0.2) is 5.78 Å². The number of carbonyl (C=O) groups excluding carboxylic acids is 1. The standard InChI is InChI=1S/C13H22N2O/c1-3-4-5-6-7-8-9-15-11-13(10-14-15)12(2)16/h10-11H,3-9H2,1-2H3. The Morgan fingerprint density at radius 2 is 1.94 bits per heavy atom. The average molecular weight is 222 g/mol. The molecule has 0 saturated carbocycles. The number of hydrogen-bond acceptors (Lipinski definition) is 2. The summed E-state index contributed by atoms with van der Waals surface area (Å²) >= 11 is 0. The maximum absolute atomic E-state index is 11.1. The molecule has 0 aliphatic rings. The van der Waals surface area contributed by atoms with Crippen molar-refractivity contribution < 1.29 is 4.79 Å². The van der Waals surface area contributed by atoms with Gasteiger partial charge in [0, 0.05) is 12.7 Å². The first-order valence-corrected chi connectivity index (χ1v) is 6.27. The molecule has 16 heavy (non-hydrogen) atoms. The minimum Gasteiger partial charge on any atom is -0.294 e. The molecule has 0 aliphatic heterocycles. The third-order valence-electron chi connectivity index (χ3n) is 2.78. The number of Topliss-reactive ketones (excluding diaryl/α,β-unsaturated/α-hetero) is 1. The molecule has 0 spiro atoms. The highest BCUT2D eigenvalue weighted by Crippen LogP contribution is 2.06. The summed E-state index contributed by atoms with van der Waals surface area (Å²) in [6.45, 7) is 4.73. The predicted molar refractivity (Wildman–Crippen MR) is 65.6 cm³/mol. The van der Waals surface area contributed by atoms with E-state index in [1.54, 1.807) is 13.1 Å². The fourth-order valence-electron chi connectivity index (χ4n) is 1.72. The number of hydrogen-bond donors (Lipinski definition) is 0. The molecule has 1 aromatic rings. The van der Waals surface area contributed by atoms with Gasteiger partial charge in [0.1, 0.15) is 0 Å². The van der Waals surface area contributed by atoms with Crippen LogP contribution < -0.4 is 0 Å². The van der Waals surface area contributed by atoms with Crippen molar-refractivity contribution in [3.05, 3.63) is 18.0 Å². The summed E-state index contributed by atoms with van der Waals surface area (Å²) in [5.41, 5.74) is 0.714. The molecule has 0 N–H and O–H groups in total. The third kappa shape index (κ3) is 4.60. The van der Waals surface area contributed by atoms with E-state index in [9.17, 15) is 4.79 Å². The second-order valence-corrected chi connectivity index (χ2v) is 4.32. The molecular weight excluding hydrogens is 200 g/mol. The summed E-state index contributed by atoms with van der Waals surface area (Å²) in [5.74, 6) is 0.0918. The summed E-state index contributed by atoms with van der Waals surface area (Å²) in [6, 6.07) is 0. The molecule has 1 heterocycles. The van der Waals surface area contributed by atoms with Crippen molar-refractivity contribution in [3.63, 3.8) is 0 Å². The minimum atomic E-state index is 0.0918. The number of rotatable bonds is 8. The van der Waals surface area contributed by atoms with Gasteiger partial charge in [0.2, 0.25) is 0 Å². The summed E-state index contributed by atoms with van der Waals surface area (Å²) in [7, 11) is 0. The molecule has 1 aromatic heterocycles. The monoisotopic (exact) mass is 222 g/mol. The van der Waals surface area contributed by atoms with Crippen molar-refractivity contribution in [2.75, 3.05) is 0 Å². The zero-order chi connectivity index (χ0) is 11.8. The molecule has 0 atom stereocenters. The Labute approximate surface area is 97.8 Å². The molecule has 0 unspecified atom stereocenters. The fourth-order valence-corrected chi connectivity index (χ4v) is 1.72. The number of aromatic nitrogens is 2. The SMILES string of the molecule is CCCCCCCCn1cc(C(C)=O)cn1. The quantitative estimate of drug-likeness (QED) is 0.499. The molecule has 0 radical (unpaired) electrons. The predicted octanol–water partition coefficient (Wildman–Crippen LogP) is 3.45. The molecule has 0 bridgehead atoms. The number of ketones is 1. The van der Waals surface area contributed by atoms with Crippen LogP contribution in [0.4, 0.5) is 0 Å². The van der Waals surface area contributed by atoms with Gasteiger partial charge in [-0.1, -0.05) is 39.0 Å². The van der Waals surface area contributed by atoms with E-state index in [1.165, 1.54) is 32.1 Å². The van der Waals surface area contributed by atoms with Crippen LogP contribution in [0.2, 0.25) is 0 Å². The van der Waals surface area contributed by atoms with E-state index in [2.05, 4.69) is 12.0 Å². The number of carbonyl (C=O) groups is 1. The van der Waals surface area contributed by atoms with E-state index in [0.717, 1.165) is 13.0 Å². The van der Waals surface area contributed by atoms with E-state index < -0.39 is 0 Å². The first kappa shape index (κ1) is 12.9. The summed E-state index contributed by atoms with van der Waals surface area (Å²) < 4.78 is 1.87. The average Bonchev–Trinajstić information content (AvgIpc) is 2.72. The second kappa shape index (κ2) is 7.20. The van der Waals surface area contributed by atoms with E-state index >= 15 is 0 Å². The zero-order valence-corrected chi connectivity index (χ0v) is 10.4.